The Kier molecular flexibility index (Phi) is 4.82. The van der Waals surface area contributed by atoms with Crippen LogP contribution in [0.5, 0.6) is 5.75 Å². The molecular formula is C15H22N2O2. The van der Waals surface area contributed by atoms with E-state index in [9.17, 15) is 0 Å². The zero-order valence-corrected chi connectivity index (χ0v) is 11.8. The molecule has 19 heavy (non-hydrogen) atoms. The van der Waals surface area contributed by atoms with Gasteiger partial charge in [-0.15, -0.1) is 0 Å². The number of nitrogens with one attached hydrogen (secondary N) is 2. The van der Waals surface area contributed by atoms with E-state index in [1.54, 1.807) is 7.11 Å². The number of aromatic nitrogens is 1. The molecule has 1 aromatic carbocycles. The lowest BCUT2D eigenvalue weighted by molar-refractivity contribution is 0.0573. The van der Waals surface area contributed by atoms with E-state index in [4.69, 9.17) is 9.47 Å². The number of fused-ring (bicyclic) bond motifs is 1. The minimum atomic E-state index is 0.0524. The summed E-state index contributed by atoms with van der Waals surface area (Å²) in [4.78, 5) is 3.18. The Hall–Kier alpha value is -1.52. The van der Waals surface area contributed by atoms with Crippen LogP contribution in [0.2, 0.25) is 0 Å². The summed E-state index contributed by atoms with van der Waals surface area (Å²) >= 11 is 0. The van der Waals surface area contributed by atoms with Gasteiger partial charge in [0.05, 0.1) is 0 Å². The Morgan fingerprint density at radius 3 is 2.84 bits per heavy atom. The molecule has 1 unspecified atom stereocenters. The van der Waals surface area contributed by atoms with Crippen molar-refractivity contribution in [3.63, 3.8) is 0 Å². The van der Waals surface area contributed by atoms with Crippen LogP contribution in [0.3, 0.4) is 0 Å². The highest BCUT2D eigenvalue weighted by atomic mass is 16.5. The lowest BCUT2D eigenvalue weighted by Crippen LogP contribution is -2.36. The number of hydrogen-bond acceptors (Lipinski definition) is 3. The van der Waals surface area contributed by atoms with Crippen LogP contribution in [0.15, 0.2) is 30.5 Å². The third kappa shape index (κ3) is 3.72. The molecular weight excluding hydrogens is 240 g/mol. The van der Waals surface area contributed by atoms with Crippen LogP contribution in [-0.4, -0.2) is 37.4 Å². The molecule has 1 heterocycles. The molecule has 0 fully saturated rings. The van der Waals surface area contributed by atoms with E-state index >= 15 is 0 Å². The van der Waals surface area contributed by atoms with Crippen molar-refractivity contribution in [3.05, 3.63) is 30.5 Å². The number of rotatable bonds is 7. The third-order valence-corrected chi connectivity index (χ3v) is 3.07. The fraction of sp³-hybridized carbons (Fsp3) is 0.467. The molecule has 2 N–H and O–H groups in total. The van der Waals surface area contributed by atoms with Crippen molar-refractivity contribution in [2.24, 2.45) is 0 Å². The average molecular weight is 262 g/mol. The van der Waals surface area contributed by atoms with Gasteiger partial charge in [0.15, 0.2) is 0 Å². The molecule has 104 valence electrons. The highest BCUT2D eigenvalue weighted by Gasteiger charge is 2.10. The van der Waals surface area contributed by atoms with Crippen LogP contribution < -0.4 is 10.1 Å². The molecule has 2 aromatic rings. The van der Waals surface area contributed by atoms with Crippen molar-refractivity contribution < 1.29 is 9.47 Å². The maximum absolute atomic E-state index is 5.88. The predicted molar refractivity (Wildman–Crippen MR) is 77.7 cm³/mol. The fourth-order valence-electron chi connectivity index (χ4n) is 1.94. The van der Waals surface area contributed by atoms with E-state index in [0.717, 1.165) is 23.2 Å². The first-order valence-corrected chi connectivity index (χ1v) is 6.65. The zero-order valence-electron chi connectivity index (χ0n) is 11.8. The van der Waals surface area contributed by atoms with E-state index in [-0.39, 0.29) is 6.10 Å². The maximum atomic E-state index is 5.88. The fourth-order valence-corrected chi connectivity index (χ4v) is 1.94. The van der Waals surface area contributed by atoms with Crippen LogP contribution in [0.1, 0.15) is 13.8 Å². The largest absolute Gasteiger partial charge is 0.490 e. The van der Waals surface area contributed by atoms with Crippen LogP contribution in [0, 0.1) is 0 Å². The summed E-state index contributed by atoms with van der Waals surface area (Å²) in [5, 5.41) is 4.46. The number of H-pyrrole nitrogens is 1. The molecule has 0 bridgehead atoms. The summed E-state index contributed by atoms with van der Waals surface area (Å²) < 4.78 is 11.3. The molecule has 4 nitrogen and oxygen atoms in total. The van der Waals surface area contributed by atoms with Crippen molar-refractivity contribution in [1.82, 2.24) is 10.3 Å². The second-order valence-corrected chi connectivity index (χ2v) is 4.93. The van der Waals surface area contributed by atoms with Crippen LogP contribution in [0.4, 0.5) is 0 Å². The van der Waals surface area contributed by atoms with Gasteiger partial charge in [0.1, 0.15) is 18.5 Å². The Balaban J connectivity index is 1.95. The summed E-state index contributed by atoms with van der Waals surface area (Å²) in [5.74, 6) is 0.894. The normalized spacial score (nSPS) is 13.1. The van der Waals surface area contributed by atoms with Gasteiger partial charge in [-0.1, -0.05) is 19.9 Å². The molecule has 0 radical (unpaired) electrons. The van der Waals surface area contributed by atoms with Gasteiger partial charge in [-0.25, -0.2) is 0 Å². The van der Waals surface area contributed by atoms with Gasteiger partial charge in [0, 0.05) is 36.8 Å². The molecule has 2 rings (SSSR count). The predicted octanol–water partition coefficient (Wildman–Crippen LogP) is 2.56. The van der Waals surface area contributed by atoms with Gasteiger partial charge in [-0.2, -0.15) is 0 Å². The number of benzene rings is 1. The van der Waals surface area contributed by atoms with Crippen LogP contribution >= 0.6 is 0 Å². The Labute approximate surface area is 114 Å². The van der Waals surface area contributed by atoms with Gasteiger partial charge < -0.3 is 19.8 Å². The van der Waals surface area contributed by atoms with Gasteiger partial charge in [0.25, 0.3) is 0 Å². The second kappa shape index (κ2) is 6.59. The van der Waals surface area contributed by atoms with Crippen molar-refractivity contribution in [2.75, 3.05) is 20.3 Å². The van der Waals surface area contributed by atoms with E-state index in [0.29, 0.717) is 12.6 Å². The summed E-state index contributed by atoms with van der Waals surface area (Å²) in [7, 11) is 1.72. The lowest BCUT2D eigenvalue weighted by atomic mass is 10.2. The van der Waals surface area contributed by atoms with Crippen LogP contribution in [-0.2, 0) is 4.74 Å². The first-order valence-electron chi connectivity index (χ1n) is 6.65. The summed E-state index contributed by atoms with van der Waals surface area (Å²) in [6.07, 6.45) is 1.97. The molecule has 0 saturated carbocycles. The van der Waals surface area contributed by atoms with Crippen molar-refractivity contribution in [2.45, 2.75) is 26.0 Å². The van der Waals surface area contributed by atoms with Crippen molar-refractivity contribution in [1.29, 1.82) is 0 Å². The standard InChI is InChI=1S/C15H22N2O2/c1-11(2)17-9-12(18-3)10-19-15-6-4-5-14-13(15)7-8-16-14/h4-8,11-12,16-17H,9-10H2,1-3H3. The minimum absolute atomic E-state index is 0.0524. The first kappa shape index (κ1) is 13.9. The Bertz CT molecular complexity index is 508. The summed E-state index contributed by atoms with van der Waals surface area (Å²) in [6.45, 7) is 5.57. The van der Waals surface area contributed by atoms with Gasteiger partial charge in [-0.05, 0) is 18.2 Å². The van der Waals surface area contributed by atoms with Gasteiger partial charge in [-0.3, -0.25) is 0 Å². The quantitative estimate of drug-likeness (QED) is 0.806. The number of methoxy groups -OCH3 is 1. The Morgan fingerprint density at radius 2 is 2.11 bits per heavy atom. The number of hydrogen-bond donors (Lipinski definition) is 2. The molecule has 0 amide bonds. The van der Waals surface area contributed by atoms with E-state index in [2.05, 4.69) is 24.1 Å². The second-order valence-electron chi connectivity index (χ2n) is 4.93. The molecule has 0 aliphatic rings. The third-order valence-electron chi connectivity index (χ3n) is 3.07. The SMILES string of the molecule is COC(CNC(C)C)COc1cccc2[nH]ccc12. The van der Waals surface area contributed by atoms with Gasteiger partial charge >= 0.3 is 0 Å². The smallest absolute Gasteiger partial charge is 0.128 e. The van der Waals surface area contributed by atoms with E-state index in [1.807, 2.05) is 30.5 Å². The molecule has 4 heteroatoms. The van der Waals surface area contributed by atoms with Crippen molar-refractivity contribution in [3.8, 4) is 5.75 Å². The highest BCUT2D eigenvalue weighted by molar-refractivity contribution is 5.85. The average Bonchev–Trinajstić information content (AvgIpc) is 2.87. The van der Waals surface area contributed by atoms with E-state index < -0.39 is 0 Å². The Morgan fingerprint density at radius 1 is 1.26 bits per heavy atom. The molecule has 0 aliphatic heterocycles. The lowest BCUT2D eigenvalue weighted by Gasteiger charge is -2.18. The molecule has 1 atom stereocenters. The van der Waals surface area contributed by atoms with Crippen molar-refractivity contribution >= 4 is 10.9 Å². The minimum Gasteiger partial charge on any atom is -0.490 e. The monoisotopic (exact) mass is 262 g/mol. The van der Waals surface area contributed by atoms with Gasteiger partial charge in [0.2, 0.25) is 0 Å². The number of ether oxygens (including phenoxy) is 2. The maximum Gasteiger partial charge on any atom is 0.128 e. The highest BCUT2D eigenvalue weighted by Crippen LogP contribution is 2.24. The molecule has 1 aromatic heterocycles. The summed E-state index contributed by atoms with van der Waals surface area (Å²) in [6, 6.07) is 8.49. The first-order chi connectivity index (χ1) is 9.20. The topological polar surface area (TPSA) is 46.3 Å². The summed E-state index contributed by atoms with van der Waals surface area (Å²) in [5.41, 5.74) is 1.09. The molecule has 0 aliphatic carbocycles. The zero-order chi connectivity index (χ0) is 13.7. The molecule has 0 spiro atoms. The van der Waals surface area contributed by atoms with Crippen LogP contribution in [0.25, 0.3) is 10.9 Å². The van der Waals surface area contributed by atoms with E-state index in [1.165, 1.54) is 0 Å². The number of aromatic amines is 1. The molecule has 0 saturated heterocycles.